The minimum atomic E-state index is -1.13. The molecule has 4 aromatic rings. The second-order valence-corrected chi connectivity index (χ2v) is 11.0. The summed E-state index contributed by atoms with van der Waals surface area (Å²) in [5.74, 6) is -0.641. The molecule has 8 heteroatoms. The third-order valence-corrected chi connectivity index (χ3v) is 8.40. The molecule has 3 aromatic carbocycles. The number of fused-ring (bicyclic) bond motifs is 8. The highest BCUT2D eigenvalue weighted by Gasteiger charge is 2.69. The van der Waals surface area contributed by atoms with Gasteiger partial charge in [0, 0.05) is 17.7 Å². The Labute approximate surface area is 225 Å². The molecule has 0 radical (unpaired) electrons. The van der Waals surface area contributed by atoms with Gasteiger partial charge in [0.25, 0.3) is 5.56 Å². The van der Waals surface area contributed by atoms with E-state index in [0.29, 0.717) is 40.3 Å². The highest BCUT2D eigenvalue weighted by Crippen LogP contribution is 2.56. The first-order chi connectivity index (χ1) is 18.9. The lowest BCUT2D eigenvalue weighted by atomic mass is 9.75. The highest BCUT2D eigenvalue weighted by molar-refractivity contribution is 6.23. The Balaban J connectivity index is 1.51. The second-order valence-electron chi connectivity index (χ2n) is 11.0. The average Bonchev–Trinajstić information content (AvgIpc) is 3.51. The number of anilines is 1. The van der Waals surface area contributed by atoms with Crippen molar-refractivity contribution in [3.8, 4) is 11.4 Å². The summed E-state index contributed by atoms with van der Waals surface area (Å²) in [6, 6.07) is 21.6. The van der Waals surface area contributed by atoms with Crippen molar-refractivity contribution in [2.75, 3.05) is 12.0 Å². The fraction of sp³-hybridized carbons (Fsp3) is 0.290. The van der Waals surface area contributed by atoms with Crippen LogP contribution >= 0.6 is 0 Å². The molecule has 3 aliphatic rings. The molecule has 0 bridgehead atoms. The van der Waals surface area contributed by atoms with E-state index in [1.165, 1.54) is 4.90 Å². The second kappa shape index (κ2) is 8.35. The molecule has 8 nitrogen and oxygen atoms in total. The van der Waals surface area contributed by atoms with Gasteiger partial charge < -0.3 is 4.74 Å². The van der Waals surface area contributed by atoms with Gasteiger partial charge in [0.1, 0.15) is 17.1 Å². The van der Waals surface area contributed by atoms with E-state index in [2.05, 4.69) is 19.2 Å². The van der Waals surface area contributed by atoms with Gasteiger partial charge in [0.15, 0.2) is 0 Å². The maximum Gasteiger partial charge on any atom is 0.266 e. The van der Waals surface area contributed by atoms with Gasteiger partial charge in [-0.15, -0.1) is 0 Å². The third kappa shape index (κ3) is 3.09. The van der Waals surface area contributed by atoms with Crippen molar-refractivity contribution in [1.82, 2.24) is 14.9 Å². The molecule has 0 aliphatic carbocycles. The van der Waals surface area contributed by atoms with Crippen LogP contribution in [0, 0.1) is 17.8 Å². The Morgan fingerprint density at radius 3 is 2.54 bits per heavy atom. The fourth-order valence-corrected chi connectivity index (χ4v) is 6.93. The molecule has 196 valence electrons. The zero-order valence-corrected chi connectivity index (χ0v) is 21.9. The van der Waals surface area contributed by atoms with Gasteiger partial charge >= 0.3 is 0 Å². The Bertz CT molecular complexity index is 1740. The molecule has 1 N–H and O–H groups in total. The Kier molecular flexibility index (Phi) is 5.09. The summed E-state index contributed by atoms with van der Waals surface area (Å²) in [6.07, 6.45) is 0.688. The quantitative estimate of drug-likeness (QED) is 0.412. The van der Waals surface area contributed by atoms with E-state index >= 15 is 0 Å². The van der Waals surface area contributed by atoms with Gasteiger partial charge in [-0.3, -0.25) is 24.3 Å². The Morgan fingerprint density at radius 1 is 0.974 bits per heavy atom. The van der Waals surface area contributed by atoms with Gasteiger partial charge in [-0.1, -0.05) is 50.2 Å². The zero-order chi connectivity index (χ0) is 27.1. The predicted octanol–water partition coefficient (Wildman–Crippen LogP) is 3.78. The lowest BCUT2D eigenvalue weighted by Gasteiger charge is -2.32. The van der Waals surface area contributed by atoms with Crippen LogP contribution < -0.4 is 20.5 Å². The predicted molar refractivity (Wildman–Crippen MR) is 147 cm³/mol. The standard InChI is InChI=1S/C31H28N4O4/c1-17(2)15-23-25-26(29(38)34(28(25)37)18-9-8-10-19(16-18)39-3)31(33-23)21-12-5-7-14-24(21)35-27(36)20-11-4-6-13-22(20)32-30(31)35/h4-14,16-17,23,25-26,33H,15H2,1-3H3. The number of aromatic nitrogens is 2. The number of carbonyl (C=O) groups is 2. The van der Waals surface area contributed by atoms with Crippen molar-refractivity contribution in [1.29, 1.82) is 0 Å². The molecule has 1 aromatic heterocycles. The van der Waals surface area contributed by atoms with Crippen LogP contribution in [0.2, 0.25) is 0 Å². The van der Waals surface area contributed by atoms with E-state index in [1.54, 1.807) is 42.0 Å². The van der Waals surface area contributed by atoms with Crippen molar-refractivity contribution in [3.63, 3.8) is 0 Å². The summed E-state index contributed by atoms with van der Waals surface area (Å²) >= 11 is 0. The number of ether oxygens (including phenoxy) is 1. The van der Waals surface area contributed by atoms with Gasteiger partial charge in [0.05, 0.1) is 41.2 Å². The van der Waals surface area contributed by atoms with E-state index in [4.69, 9.17) is 9.72 Å². The van der Waals surface area contributed by atoms with Crippen molar-refractivity contribution in [2.24, 2.45) is 17.8 Å². The normalized spacial score (nSPS) is 25.0. The summed E-state index contributed by atoms with van der Waals surface area (Å²) < 4.78 is 7.01. The molecule has 7 rings (SSSR count). The summed E-state index contributed by atoms with van der Waals surface area (Å²) in [5, 5.41) is 4.25. The zero-order valence-electron chi connectivity index (χ0n) is 21.9. The van der Waals surface area contributed by atoms with Crippen LogP contribution in [0.5, 0.6) is 5.75 Å². The molecule has 2 saturated heterocycles. The molecule has 4 atom stereocenters. The number of benzene rings is 3. The van der Waals surface area contributed by atoms with Gasteiger partial charge in [-0.25, -0.2) is 9.88 Å². The smallest absolute Gasteiger partial charge is 0.266 e. The van der Waals surface area contributed by atoms with Crippen LogP contribution in [-0.2, 0) is 15.1 Å². The molecule has 2 fully saturated rings. The molecular weight excluding hydrogens is 492 g/mol. The number of amides is 2. The third-order valence-electron chi connectivity index (χ3n) is 8.40. The summed E-state index contributed by atoms with van der Waals surface area (Å²) in [5.41, 5.74) is 1.20. The molecule has 1 spiro atoms. The summed E-state index contributed by atoms with van der Waals surface area (Å²) in [7, 11) is 1.55. The van der Waals surface area contributed by atoms with Crippen LogP contribution in [0.1, 0.15) is 31.7 Å². The van der Waals surface area contributed by atoms with E-state index < -0.39 is 17.4 Å². The van der Waals surface area contributed by atoms with E-state index in [0.717, 1.165) is 5.56 Å². The van der Waals surface area contributed by atoms with Crippen molar-refractivity contribution in [2.45, 2.75) is 31.8 Å². The molecule has 2 amide bonds. The molecular formula is C31H28N4O4. The van der Waals surface area contributed by atoms with Crippen molar-refractivity contribution >= 4 is 28.4 Å². The minimum Gasteiger partial charge on any atom is -0.497 e. The van der Waals surface area contributed by atoms with E-state index in [1.807, 2.05) is 42.5 Å². The molecule has 4 unspecified atom stereocenters. The minimum absolute atomic E-state index is 0.188. The molecule has 0 saturated carbocycles. The van der Waals surface area contributed by atoms with Gasteiger partial charge in [-0.2, -0.15) is 0 Å². The number of nitrogens with one attached hydrogen (secondary N) is 1. The monoisotopic (exact) mass is 520 g/mol. The number of carbonyl (C=O) groups excluding carboxylic acids is 2. The molecule has 3 aliphatic heterocycles. The van der Waals surface area contributed by atoms with Gasteiger partial charge in [0.2, 0.25) is 11.8 Å². The number of imide groups is 1. The number of para-hydroxylation sites is 2. The first kappa shape index (κ1) is 23.8. The van der Waals surface area contributed by atoms with Crippen LogP contribution in [0.4, 0.5) is 5.69 Å². The first-order valence-electron chi connectivity index (χ1n) is 13.3. The number of rotatable bonds is 4. The van der Waals surface area contributed by atoms with E-state index in [9.17, 15) is 14.4 Å². The van der Waals surface area contributed by atoms with Crippen LogP contribution in [-0.4, -0.2) is 34.5 Å². The summed E-state index contributed by atoms with van der Waals surface area (Å²) in [6.45, 7) is 4.21. The molecule has 39 heavy (non-hydrogen) atoms. The first-order valence-corrected chi connectivity index (χ1v) is 13.3. The topological polar surface area (TPSA) is 93.5 Å². The average molecular weight is 521 g/mol. The van der Waals surface area contributed by atoms with Crippen LogP contribution in [0.3, 0.4) is 0 Å². The lowest BCUT2D eigenvalue weighted by molar-refractivity contribution is -0.123. The molecule has 4 heterocycles. The van der Waals surface area contributed by atoms with Crippen molar-refractivity contribution < 1.29 is 14.3 Å². The largest absolute Gasteiger partial charge is 0.497 e. The van der Waals surface area contributed by atoms with Gasteiger partial charge in [-0.05, 0) is 42.7 Å². The number of methoxy groups -OCH3 is 1. The maximum atomic E-state index is 14.5. The number of nitrogens with zero attached hydrogens (tertiary/aromatic N) is 3. The Morgan fingerprint density at radius 2 is 1.74 bits per heavy atom. The van der Waals surface area contributed by atoms with Crippen LogP contribution in [0.15, 0.2) is 77.6 Å². The van der Waals surface area contributed by atoms with Crippen LogP contribution in [0.25, 0.3) is 16.6 Å². The SMILES string of the molecule is COc1cccc(N2C(=O)C3C(CC(C)C)NC4(c5ccccc5-n5c4nc4ccccc4c5=O)C3C2=O)c1. The highest BCUT2D eigenvalue weighted by atomic mass is 16.5. The number of hydrogen-bond acceptors (Lipinski definition) is 6. The lowest BCUT2D eigenvalue weighted by Crippen LogP contribution is -2.50. The fourth-order valence-electron chi connectivity index (χ4n) is 6.93. The number of hydrogen-bond donors (Lipinski definition) is 1. The van der Waals surface area contributed by atoms with Crippen molar-refractivity contribution in [3.05, 3.63) is 94.5 Å². The maximum absolute atomic E-state index is 14.5. The van der Waals surface area contributed by atoms with E-state index in [-0.39, 0.29) is 29.3 Å². The Hall–Kier alpha value is -4.30. The summed E-state index contributed by atoms with van der Waals surface area (Å²) in [4.78, 5) is 48.9.